The van der Waals surface area contributed by atoms with E-state index >= 15 is 0 Å². The maximum Gasteiger partial charge on any atom is 0.246 e. The molecule has 7 nitrogen and oxygen atoms in total. The Morgan fingerprint density at radius 1 is 0.970 bits per heavy atom. The van der Waals surface area contributed by atoms with Gasteiger partial charge < -0.3 is 10.2 Å². The number of piperidine rings is 2. The molecule has 2 aliphatic rings. The van der Waals surface area contributed by atoms with Crippen molar-refractivity contribution < 1.29 is 13.2 Å². The Hall–Kier alpha value is -2.45. The normalized spacial score (nSPS) is 18.2. The average molecular weight is 471 g/mol. The van der Waals surface area contributed by atoms with Crippen LogP contribution in [0.15, 0.2) is 53.6 Å². The number of nitrogens with zero attached hydrogens (tertiary/aromatic N) is 3. The van der Waals surface area contributed by atoms with Crippen LogP contribution in [-0.2, 0) is 21.2 Å². The molecule has 4 rings (SSSR count). The summed E-state index contributed by atoms with van der Waals surface area (Å²) < 4.78 is 28.1. The van der Waals surface area contributed by atoms with Gasteiger partial charge in [-0.1, -0.05) is 36.8 Å². The van der Waals surface area contributed by atoms with E-state index in [-0.39, 0.29) is 16.7 Å². The molecule has 0 spiro atoms. The van der Waals surface area contributed by atoms with Gasteiger partial charge in [0.05, 0.1) is 0 Å². The van der Waals surface area contributed by atoms with Gasteiger partial charge in [0.25, 0.3) is 0 Å². The summed E-state index contributed by atoms with van der Waals surface area (Å²) in [5.74, 6) is 0.582. The Morgan fingerprint density at radius 2 is 1.70 bits per heavy atom. The van der Waals surface area contributed by atoms with Gasteiger partial charge in [0.1, 0.15) is 10.7 Å². The monoisotopic (exact) mass is 470 g/mol. The molecule has 0 bridgehead atoms. The van der Waals surface area contributed by atoms with E-state index in [4.69, 9.17) is 0 Å². The van der Waals surface area contributed by atoms with Crippen molar-refractivity contribution in [1.29, 1.82) is 0 Å². The summed E-state index contributed by atoms with van der Waals surface area (Å²) in [5, 5.41) is 3.08. The molecular weight excluding hydrogens is 436 g/mol. The van der Waals surface area contributed by atoms with Crippen LogP contribution in [0.3, 0.4) is 0 Å². The number of sulfonamides is 1. The van der Waals surface area contributed by atoms with Crippen LogP contribution in [-0.4, -0.2) is 56.3 Å². The first-order chi connectivity index (χ1) is 16.1. The van der Waals surface area contributed by atoms with E-state index in [1.165, 1.54) is 5.56 Å². The number of nitrogens with one attached hydrogen (secondary N) is 1. The predicted molar refractivity (Wildman–Crippen MR) is 130 cm³/mol. The Labute approximate surface area is 197 Å². The number of aryl methyl sites for hydroxylation is 1. The quantitative estimate of drug-likeness (QED) is 0.599. The number of anilines is 1. The summed E-state index contributed by atoms with van der Waals surface area (Å²) in [7, 11) is -3.56. The van der Waals surface area contributed by atoms with Gasteiger partial charge in [0.2, 0.25) is 15.9 Å². The van der Waals surface area contributed by atoms with Gasteiger partial charge in [-0.25, -0.2) is 13.4 Å². The summed E-state index contributed by atoms with van der Waals surface area (Å²) in [6.07, 6.45) is 7.80. The lowest BCUT2D eigenvalue weighted by atomic mass is 9.96. The molecule has 2 aliphatic heterocycles. The molecule has 2 aromatic rings. The predicted octanol–water partition coefficient (Wildman–Crippen LogP) is 3.22. The number of hydrogen-bond acceptors (Lipinski definition) is 5. The van der Waals surface area contributed by atoms with E-state index in [1.807, 2.05) is 23.1 Å². The zero-order chi connectivity index (χ0) is 23.1. The van der Waals surface area contributed by atoms with Crippen molar-refractivity contribution in [2.24, 2.45) is 5.92 Å². The molecule has 0 unspecified atom stereocenters. The number of pyridine rings is 1. The maximum absolute atomic E-state index is 13.3. The van der Waals surface area contributed by atoms with Gasteiger partial charge in [0, 0.05) is 44.8 Å². The second-order valence-electron chi connectivity index (χ2n) is 8.93. The van der Waals surface area contributed by atoms with Crippen molar-refractivity contribution in [3.05, 3.63) is 54.2 Å². The van der Waals surface area contributed by atoms with Crippen molar-refractivity contribution in [3.63, 3.8) is 0 Å². The molecule has 2 fully saturated rings. The van der Waals surface area contributed by atoms with Crippen LogP contribution in [0.2, 0.25) is 0 Å². The van der Waals surface area contributed by atoms with Gasteiger partial charge in [0.15, 0.2) is 0 Å². The van der Waals surface area contributed by atoms with Gasteiger partial charge in [-0.2, -0.15) is 4.31 Å². The molecule has 3 heterocycles. The number of amides is 1. The number of carbonyl (C=O) groups excluding carboxylic acids is 1. The van der Waals surface area contributed by atoms with E-state index < -0.39 is 10.0 Å². The van der Waals surface area contributed by atoms with Gasteiger partial charge >= 0.3 is 0 Å². The zero-order valence-corrected chi connectivity index (χ0v) is 20.0. The molecule has 0 radical (unpaired) electrons. The second-order valence-corrected chi connectivity index (χ2v) is 10.8. The lowest BCUT2D eigenvalue weighted by Gasteiger charge is -2.34. The van der Waals surface area contributed by atoms with E-state index in [1.54, 1.807) is 22.6 Å². The van der Waals surface area contributed by atoms with Crippen LogP contribution in [0.25, 0.3) is 0 Å². The first kappa shape index (κ1) is 23.7. The summed E-state index contributed by atoms with van der Waals surface area (Å²) in [6, 6.07) is 13.6. The minimum absolute atomic E-state index is 0.0381. The maximum atomic E-state index is 13.3. The highest BCUT2D eigenvalue weighted by Gasteiger charge is 2.32. The molecule has 33 heavy (non-hydrogen) atoms. The molecule has 0 atom stereocenters. The van der Waals surface area contributed by atoms with E-state index in [0.717, 1.165) is 32.1 Å². The van der Waals surface area contributed by atoms with Crippen molar-refractivity contribution in [2.45, 2.75) is 49.8 Å². The van der Waals surface area contributed by atoms with Crippen LogP contribution in [0.1, 0.15) is 44.1 Å². The van der Waals surface area contributed by atoms with Gasteiger partial charge in [-0.05, 0) is 56.2 Å². The third-order valence-corrected chi connectivity index (χ3v) is 8.55. The molecule has 8 heteroatoms. The lowest BCUT2D eigenvalue weighted by Crippen LogP contribution is -2.42. The number of carbonyl (C=O) groups is 1. The van der Waals surface area contributed by atoms with Crippen molar-refractivity contribution in [1.82, 2.24) is 14.6 Å². The van der Waals surface area contributed by atoms with Crippen molar-refractivity contribution in [2.75, 3.05) is 37.6 Å². The molecular formula is C25H34N4O3S. The largest absolute Gasteiger partial charge is 0.356 e. The highest BCUT2D eigenvalue weighted by molar-refractivity contribution is 7.89. The summed E-state index contributed by atoms with van der Waals surface area (Å²) >= 11 is 0. The number of rotatable bonds is 8. The average Bonchev–Trinajstić information content (AvgIpc) is 2.88. The number of benzene rings is 1. The molecule has 1 aromatic carbocycles. The molecule has 0 saturated carbocycles. The molecule has 1 amide bonds. The Kier molecular flexibility index (Phi) is 7.98. The molecule has 1 aromatic heterocycles. The Balaban J connectivity index is 1.30. The third-order valence-electron chi connectivity index (χ3n) is 6.63. The van der Waals surface area contributed by atoms with Crippen LogP contribution >= 0.6 is 0 Å². The minimum atomic E-state index is -3.56. The highest BCUT2D eigenvalue weighted by Crippen LogP contribution is 2.30. The SMILES string of the molecule is O=C(NCCCc1ccccc1)C1CCN(c2ncccc2S(=O)(=O)N2CCCCC2)CC1. The lowest BCUT2D eigenvalue weighted by molar-refractivity contribution is -0.125. The summed E-state index contributed by atoms with van der Waals surface area (Å²) in [6.45, 7) is 3.07. The van der Waals surface area contributed by atoms with Crippen molar-refractivity contribution in [3.8, 4) is 0 Å². The molecule has 2 saturated heterocycles. The van der Waals surface area contributed by atoms with Crippen LogP contribution in [0, 0.1) is 5.92 Å². The van der Waals surface area contributed by atoms with E-state index in [2.05, 4.69) is 22.4 Å². The fourth-order valence-electron chi connectivity index (χ4n) is 4.71. The fourth-order valence-corrected chi connectivity index (χ4v) is 6.39. The number of aromatic nitrogens is 1. The number of hydrogen-bond donors (Lipinski definition) is 1. The topological polar surface area (TPSA) is 82.6 Å². The smallest absolute Gasteiger partial charge is 0.246 e. The van der Waals surface area contributed by atoms with Crippen LogP contribution in [0.4, 0.5) is 5.82 Å². The zero-order valence-electron chi connectivity index (χ0n) is 19.2. The Bertz CT molecular complexity index is 1010. The van der Waals surface area contributed by atoms with E-state index in [9.17, 15) is 13.2 Å². The van der Waals surface area contributed by atoms with Gasteiger partial charge in [-0.15, -0.1) is 0 Å². The summed E-state index contributed by atoms with van der Waals surface area (Å²) in [4.78, 5) is 19.4. The third kappa shape index (κ3) is 5.92. The van der Waals surface area contributed by atoms with Crippen molar-refractivity contribution >= 4 is 21.7 Å². The van der Waals surface area contributed by atoms with Crippen LogP contribution in [0.5, 0.6) is 0 Å². The molecule has 178 valence electrons. The highest BCUT2D eigenvalue weighted by atomic mass is 32.2. The fraction of sp³-hybridized carbons (Fsp3) is 0.520. The minimum Gasteiger partial charge on any atom is -0.356 e. The summed E-state index contributed by atoms with van der Waals surface area (Å²) in [5.41, 5.74) is 1.28. The van der Waals surface area contributed by atoms with Gasteiger partial charge in [-0.3, -0.25) is 4.79 Å². The first-order valence-corrected chi connectivity index (χ1v) is 13.5. The first-order valence-electron chi connectivity index (χ1n) is 12.1. The molecule has 0 aliphatic carbocycles. The second kappa shape index (κ2) is 11.1. The van der Waals surface area contributed by atoms with Crippen LogP contribution < -0.4 is 10.2 Å². The Morgan fingerprint density at radius 3 is 2.42 bits per heavy atom. The standard InChI is InChI=1S/C25H34N4O3S/c30-25(27-16-7-11-21-9-3-1-4-10-21)22-13-19-28(20-14-22)24-23(12-8-15-26-24)33(31,32)29-17-5-2-6-18-29/h1,3-4,8-10,12,15,22H,2,5-7,11,13-14,16-20H2,(H,27,30). The van der Waals surface area contributed by atoms with E-state index in [0.29, 0.717) is 51.4 Å². The molecule has 1 N–H and O–H groups in total.